The van der Waals surface area contributed by atoms with Gasteiger partial charge in [0.15, 0.2) is 0 Å². The van der Waals surface area contributed by atoms with Gasteiger partial charge in [-0.15, -0.1) is 0 Å². The predicted molar refractivity (Wildman–Crippen MR) is 73.3 cm³/mol. The quantitative estimate of drug-likeness (QED) is 0.800. The highest BCUT2D eigenvalue weighted by atomic mass is 16.5. The molecule has 1 aliphatic heterocycles. The van der Waals surface area contributed by atoms with Gasteiger partial charge in [0.05, 0.1) is 13.2 Å². The normalized spacial score (nSPS) is 17.1. The number of ether oxygens (including phenoxy) is 2. The molecule has 0 unspecified atom stereocenters. The summed E-state index contributed by atoms with van der Waals surface area (Å²) in [5, 5.41) is 0. The fraction of sp³-hybridized carbons (Fsp3) is 0.600. The number of morpholine rings is 1. The Kier molecular flexibility index (Phi) is 5.02. The summed E-state index contributed by atoms with van der Waals surface area (Å²) in [4.78, 5) is 2.39. The fourth-order valence-corrected chi connectivity index (χ4v) is 2.20. The molecule has 18 heavy (non-hydrogen) atoms. The van der Waals surface area contributed by atoms with E-state index in [9.17, 15) is 0 Å². The first kappa shape index (κ1) is 13.4. The minimum Gasteiger partial charge on any atom is -0.492 e. The highest BCUT2D eigenvalue weighted by Crippen LogP contribution is 2.25. The summed E-state index contributed by atoms with van der Waals surface area (Å²) in [6.07, 6.45) is 0. The molecule has 0 aliphatic carbocycles. The van der Waals surface area contributed by atoms with Crippen LogP contribution in [0.15, 0.2) is 24.3 Å². The molecule has 1 aromatic rings. The van der Waals surface area contributed by atoms with Crippen LogP contribution in [0.2, 0.25) is 0 Å². The van der Waals surface area contributed by atoms with Crippen molar-refractivity contribution in [1.29, 1.82) is 0 Å². The van der Waals surface area contributed by atoms with Crippen molar-refractivity contribution in [3.8, 4) is 5.75 Å². The highest BCUT2D eigenvalue weighted by molar-refractivity contribution is 5.35. The average molecular weight is 249 g/mol. The number of nitrogens with zero attached hydrogens (tertiary/aromatic N) is 1. The van der Waals surface area contributed by atoms with Gasteiger partial charge in [-0.05, 0) is 17.5 Å². The van der Waals surface area contributed by atoms with Gasteiger partial charge in [0.1, 0.15) is 12.4 Å². The summed E-state index contributed by atoms with van der Waals surface area (Å²) in [6.45, 7) is 9.88. The van der Waals surface area contributed by atoms with Crippen molar-refractivity contribution in [2.75, 3.05) is 39.5 Å². The van der Waals surface area contributed by atoms with Crippen molar-refractivity contribution in [3.05, 3.63) is 29.8 Å². The standard InChI is InChI=1S/C15H23NO2/c1-13(2)14-5-3-4-6-15(14)18-12-9-16-7-10-17-11-8-16/h3-6,13H,7-12H2,1-2H3. The second-order valence-corrected chi connectivity index (χ2v) is 5.00. The van der Waals surface area contributed by atoms with Gasteiger partial charge in [-0.3, -0.25) is 4.90 Å². The summed E-state index contributed by atoms with van der Waals surface area (Å²) in [6, 6.07) is 8.32. The summed E-state index contributed by atoms with van der Waals surface area (Å²) in [7, 11) is 0. The number of benzene rings is 1. The molecule has 0 N–H and O–H groups in total. The molecule has 1 aromatic carbocycles. The highest BCUT2D eigenvalue weighted by Gasteiger charge is 2.11. The van der Waals surface area contributed by atoms with Crippen LogP contribution in [-0.4, -0.2) is 44.4 Å². The predicted octanol–water partition coefficient (Wildman–Crippen LogP) is 2.52. The molecule has 1 fully saturated rings. The summed E-state index contributed by atoms with van der Waals surface area (Å²) in [5.41, 5.74) is 1.29. The Labute approximate surface area is 110 Å². The molecule has 3 heteroatoms. The molecular formula is C15H23NO2. The van der Waals surface area contributed by atoms with Crippen molar-refractivity contribution in [2.45, 2.75) is 19.8 Å². The zero-order valence-electron chi connectivity index (χ0n) is 11.4. The SMILES string of the molecule is CC(C)c1ccccc1OCCN1CCOCC1. The topological polar surface area (TPSA) is 21.7 Å². The Morgan fingerprint density at radius 3 is 2.67 bits per heavy atom. The lowest BCUT2D eigenvalue weighted by molar-refractivity contribution is 0.0322. The van der Waals surface area contributed by atoms with Gasteiger partial charge in [0.2, 0.25) is 0 Å². The molecule has 0 bridgehead atoms. The molecule has 1 saturated heterocycles. The molecule has 0 amide bonds. The third-order valence-electron chi connectivity index (χ3n) is 3.31. The van der Waals surface area contributed by atoms with E-state index in [4.69, 9.17) is 9.47 Å². The minimum absolute atomic E-state index is 0.504. The van der Waals surface area contributed by atoms with Gasteiger partial charge in [0.25, 0.3) is 0 Å². The van der Waals surface area contributed by atoms with E-state index in [1.807, 2.05) is 6.07 Å². The molecule has 3 nitrogen and oxygen atoms in total. The van der Waals surface area contributed by atoms with Crippen LogP contribution in [0.3, 0.4) is 0 Å². The van der Waals surface area contributed by atoms with Crippen LogP contribution in [0.25, 0.3) is 0 Å². The lowest BCUT2D eigenvalue weighted by atomic mass is 10.0. The molecule has 100 valence electrons. The average Bonchev–Trinajstić information content (AvgIpc) is 2.40. The number of hydrogen-bond acceptors (Lipinski definition) is 3. The molecule has 1 heterocycles. The molecule has 0 saturated carbocycles. The molecule has 1 aliphatic rings. The van der Waals surface area contributed by atoms with Crippen molar-refractivity contribution in [2.24, 2.45) is 0 Å². The second kappa shape index (κ2) is 6.76. The molecule has 0 aromatic heterocycles. The first-order chi connectivity index (χ1) is 8.77. The van der Waals surface area contributed by atoms with Crippen LogP contribution in [0.5, 0.6) is 5.75 Å². The van der Waals surface area contributed by atoms with E-state index in [1.54, 1.807) is 0 Å². The van der Waals surface area contributed by atoms with E-state index >= 15 is 0 Å². The van der Waals surface area contributed by atoms with Crippen LogP contribution in [-0.2, 0) is 4.74 Å². The van der Waals surface area contributed by atoms with Crippen LogP contribution in [0, 0.1) is 0 Å². The molecule has 0 spiro atoms. The first-order valence-electron chi connectivity index (χ1n) is 6.79. The summed E-state index contributed by atoms with van der Waals surface area (Å²) in [5.74, 6) is 1.53. The maximum absolute atomic E-state index is 5.92. The first-order valence-corrected chi connectivity index (χ1v) is 6.79. The van der Waals surface area contributed by atoms with E-state index in [0.717, 1.165) is 45.2 Å². The van der Waals surface area contributed by atoms with E-state index in [2.05, 4.69) is 36.9 Å². The Morgan fingerprint density at radius 1 is 1.22 bits per heavy atom. The summed E-state index contributed by atoms with van der Waals surface area (Å²) >= 11 is 0. The van der Waals surface area contributed by atoms with Gasteiger partial charge in [-0.2, -0.15) is 0 Å². The van der Waals surface area contributed by atoms with Crippen molar-refractivity contribution in [3.63, 3.8) is 0 Å². The van der Waals surface area contributed by atoms with Crippen LogP contribution < -0.4 is 4.74 Å². The van der Waals surface area contributed by atoms with E-state index in [0.29, 0.717) is 5.92 Å². The van der Waals surface area contributed by atoms with Gasteiger partial charge in [-0.25, -0.2) is 0 Å². The minimum atomic E-state index is 0.504. The molecule has 0 radical (unpaired) electrons. The van der Waals surface area contributed by atoms with Gasteiger partial charge in [0, 0.05) is 19.6 Å². The number of rotatable bonds is 5. The Hall–Kier alpha value is -1.06. The fourth-order valence-electron chi connectivity index (χ4n) is 2.20. The third kappa shape index (κ3) is 3.72. The van der Waals surface area contributed by atoms with Crippen LogP contribution in [0.1, 0.15) is 25.3 Å². The third-order valence-corrected chi connectivity index (χ3v) is 3.31. The van der Waals surface area contributed by atoms with Gasteiger partial charge < -0.3 is 9.47 Å². The van der Waals surface area contributed by atoms with E-state index in [-0.39, 0.29) is 0 Å². The Balaban J connectivity index is 1.82. The van der Waals surface area contributed by atoms with Crippen LogP contribution in [0.4, 0.5) is 0 Å². The zero-order valence-corrected chi connectivity index (χ0v) is 11.4. The number of para-hydroxylation sites is 1. The van der Waals surface area contributed by atoms with E-state index in [1.165, 1.54) is 5.56 Å². The molecule has 0 atom stereocenters. The van der Waals surface area contributed by atoms with Crippen molar-refractivity contribution in [1.82, 2.24) is 4.90 Å². The Bertz CT molecular complexity index is 359. The lowest BCUT2D eigenvalue weighted by Gasteiger charge is -2.26. The lowest BCUT2D eigenvalue weighted by Crippen LogP contribution is -2.38. The molecule has 2 rings (SSSR count). The van der Waals surface area contributed by atoms with Gasteiger partial charge >= 0.3 is 0 Å². The molecular weight excluding hydrogens is 226 g/mol. The second-order valence-electron chi connectivity index (χ2n) is 5.00. The maximum atomic E-state index is 5.92. The smallest absolute Gasteiger partial charge is 0.122 e. The van der Waals surface area contributed by atoms with Crippen molar-refractivity contribution < 1.29 is 9.47 Å². The maximum Gasteiger partial charge on any atom is 0.122 e. The zero-order chi connectivity index (χ0) is 12.8. The van der Waals surface area contributed by atoms with E-state index < -0.39 is 0 Å². The van der Waals surface area contributed by atoms with Crippen LogP contribution >= 0.6 is 0 Å². The Morgan fingerprint density at radius 2 is 1.94 bits per heavy atom. The van der Waals surface area contributed by atoms with Gasteiger partial charge in [-0.1, -0.05) is 32.0 Å². The summed E-state index contributed by atoms with van der Waals surface area (Å²) < 4.78 is 11.3. The largest absolute Gasteiger partial charge is 0.492 e. The number of hydrogen-bond donors (Lipinski definition) is 0. The van der Waals surface area contributed by atoms with Crippen molar-refractivity contribution >= 4 is 0 Å². The monoisotopic (exact) mass is 249 g/mol.